The summed E-state index contributed by atoms with van der Waals surface area (Å²) in [6.45, 7) is 4.21. The van der Waals surface area contributed by atoms with Crippen molar-refractivity contribution in [2.75, 3.05) is 18.5 Å². The van der Waals surface area contributed by atoms with E-state index in [1.165, 1.54) is 0 Å². The molecular weight excluding hydrogens is 270 g/mol. The lowest BCUT2D eigenvalue weighted by Crippen LogP contribution is -2.23. The molecule has 1 amide bonds. The van der Waals surface area contributed by atoms with Crippen molar-refractivity contribution >= 4 is 11.8 Å². The van der Waals surface area contributed by atoms with Crippen LogP contribution < -0.4 is 5.32 Å². The zero-order valence-corrected chi connectivity index (χ0v) is 11.8. The van der Waals surface area contributed by atoms with E-state index in [-0.39, 0.29) is 6.09 Å². The molecule has 0 atom stereocenters. The number of benzene rings is 1. The highest BCUT2D eigenvalue weighted by Crippen LogP contribution is 2.15. The van der Waals surface area contributed by atoms with E-state index in [1.807, 2.05) is 37.3 Å². The number of rotatable bonds is 5. The largest absolute Gasteiger partial charge is 0.448 e. The lowest BCUT2D eigenvalue weighted by atomic mass is 10.2. The molecule has 1 aromatic carbocycles. The summed E-state index contributed by atoms with van der Waals surface area (Å²) in [5.41, 5.74) is 2.96. The molecule has 0 bridgehead atoms. The van der Waals surface area contributed by atoms with Gasteiger partial charge in [-0.2, -0.15) is 0 Å². The van der Waals surface area contributed by atoms with Gasteiger partial charge < -0.3 is 19.5 Å². The fourth-order valence-corrected chi connectivity index (χ4v) is 2.21. The van der Waals surface area contributed by atoms with Crippen LogP contribution in [-0.2, 0) is 17.8 Å². The molecule has 6 nitrogen and oxygen atoms in total. The zero-order chi connectivity index (χ0) is 14.7. The van der Waals surface area contributed by atoms with Crippen molar-refractivity contribution in [1.29, 1.82) is 0 Å². The number of hydrogen-bond acceptors (Lipinski definition) is 5. The molecule has 2 heterocycles. The quantitative estimate of drug-likeness (QED) is 0.915. The van der Waals surface area contributed by atoms with Crippen molar-refractivity contribution in [3.8, 4) is 0 Å². The molecule has 1 aromatic heterocycles. The Hall–Kier alpha value is -2.50. The number of anilines is 1. The summed E-state index contributed by atoms with van der Waals surface area (Å²) in [6.07, 6.45) is -0.237. The van der Waals surface area contributed by atoms with Gasteiger partial charge in [0.2, 0.25) is 0 Å². The van der Waals surface area contributed by atoms with E-state index in [0.29, 0.717) is 26.2 Å². The molecule has 1 aliphatic rings. The monoisotopic (exact) mass is 287 g/mol. The minimum Gasteiger partial charge on any atom is -0.448 e. The fourth-order valence-electron chi connectivity index (χ4n) is 2.21. The van der Waals surface area contributed by atoms with E-state index in [4.69, 9.17) is 9.26 Å². The Bertz CT molecular complexity index is 621. The molecule has 0 radical (unpaired) electrons. The van der Waals surface area contributed by atoms with E-state index in [1.54, 1.807) is 4.90 Å². The van der Waals surface area contributed by atoms with Crippen molar-refractivity contribution in [3.63, 3.8) is 0 Å². The molecule has 0 spiro atoms. The van der Waals surface area contributed by atoms with Crippen LogP contribution in [0.25, 0.3) is 0 Å². The van der Waals surface area contributed by atoms with Gasteiger partial charge in [-0.15, -0.1) is 0 Å². The highest BCUT2D eigenvalue weighted by molar-refractivity contribution is 5.69. The number of ether oxygens (including phenoxy) is 1. The number of aromatic nitrogens is 1. The number of carbonyl (C=O) groups excluding carboxylic acids is 1. The molecule has 21 heavy (non-hydrogen) atoms. The topological polar surface area (TPSA) is 67.6 Å². The Labute approximate surface area is 122 Å². The van der Waals surface area contributed by atoms with Crippen molar-refractivity contribution < 1.29 is 14.1 Å². The number of nitrogens with one attached hydrogen (secondary N) is 1. The maximum absolute atomic E-state index is 11.4. The van der Waals surface area contributed by atoms with Crippen LogP contribution in [0, 0.1) is 6.92 Å². The first-order chi connectivity index (χ1) is 10.2. The van der Waals surface area contributed by atoms with Crippen LogP contribution in [0.4, 0.5) is 10.5 Å². The van der Waals surface area contributed by atoms with E-state index in [9.17, 15) is 4.79 Å². The summed E-state index contributed by atoms with van der Waals surface area (Å²) in [6, 6.07) is 9.89. The zero-order valence-electron chi connectivity index (χ0n) is 11.8. The van der Waals surface area contributed by atoms with Crippen LogP contribution in [0.2, 0.25) is 0 Å². The maximum Gasteiger partial charge on any atom is 0.410 e. The highest BCUT2D eigenvalue weighted by Gasteiger charge is 2.21. The first-order valence-corrected chi connectivity index (χ1v) is 6.87. The predicted octanol–water partition coefficient (Wildman–Crippen LogP) is 2.55. The van der Waals surface area contributed by atoms with Crippen LogP contribution in [0.3, 0.4) is 0 Å². The second-order valence-electron chi connectivity index (χ2n) is 5.02. The smallest absolute Gasteiger partial charge is 0.410 e. The minimum atomic E-state index is -0.237. The van der Waals surface area contributed by atoms with E-state index in [0.717, 1.165) is 22.7 Å². The summed E-state index contributed by atoms with van der Waals surface area (Å²) >= 11 is 0. The van der Waals surface area contributed by atoms with E-state index < -0.39 is 0 Å². The summed E-state index contributed by atoms with van der Waals surface area (Å²) < 4.78 is 9.93. The Kier molecular flexibility index (Phi) is 3.77. The molecule has 3 rings (SSSR count). The maximum atomic E-state index is 11.4. The number of aryl methyl sites for hydroxylation is 1. The number of carbonyl (C=O) groups is 1. The fraction of sp³-hybridized carbons (Fsp3) is 0.333. The summed E-state index contributed by atoms with van der Waals surface area (Å²) in [5, 5.41) is 7.21. The third-order valence-corrected chi connectivity index (χ3v) is 3.32. The first kappa shape index (κ1) is 13.5. The molecule has 1 aliphatic heterocycles. The third kappa shape index (κ3) is 3.34. The highest BCUT2D eigenvalue weighted by atomic mass is 16.6. The Morgan fingerprint density at radius 3 is 2.76 bits per heavy atom. The van der Waals surface area contributed by atoms with Gasteiger partial charge >= 0.3 is 6.09 Å². The first-order valence-electron chi connectivity index (χ1n) is 6.87. The van der Waals surface area contributed by atoms with Gasteiger partial charge in [-0.3, -0.25) is 0 Å². The molecule has 6 heteroatoms. The number of cyclic esters (lactones) is 1. The van der Waals surface area contributed by atoms with E-state index in [2.05, 4.69) is 10.5 Å². The summed E-state index contributed by atoms with van der Waals surface area (Å²) in [7, 11) is 0. The molecule has 1 saturated heterocycles. The Morgan fingerprint density at radius 2 is 2.14 bits per heavy atom. The van der Waals surface area contributed by atoms with Gasteiger partial charge in [-0.05, 0) is 24.6 Å². The molecule has 2 aromatic rings. The molecule has 0 unspecified atom stereocenters. The van der Waals surface area contributed by atoms with Gasteiger partial charge in [0.1, 0.15) is 18.1 Å². The normalized spacial score (nSPS) is 14.3. The van der Waals surface area contributed by atoms with Crippen molar-refractivity contribution in [2.24, 2.45) is 0 Å². The minimum absolute atomic E-state index is 0.237. The molecule has 110 valence electrons. The lowest BCUT2D eigenvalue weighted by Gasteiger charge is -2.13. The molecular formula is C15H17N3O3. The average Bonchev–Trinajstić information content (AvgIpc) is 3.08. The van der Waals surface area contributed by atoms with Gasteiger partial charge in [-0.25, -0.2) is 4.79 Å². The van der Waals surface area contributed by atoms with Gasteiger partial charge in [0.05, 0.1) is 13.1 Å². The Balaban J connectivity index is 1.55. The third-order valence-electron chi connectivity index (χ3n) is 3.32. The number of nitrogens with zero attached hydrogens (tertiary/aromatic N) is 2. The Morgan fingerprint density at radius 1 is 1.33 bits per heavy atom. The van der Waals surface area contributed by atoms with Crippen molar-refractivity contribution in [3.05, 3.63) is 47.3 Å². The van der Waals surface area contributed by atoms with Gasteiger partial charge in [0.25, 0.3) is 0 Å². The van der Waals surface area contributed by atoms with Gasteiger partial charge in [-0.1, -0.05) is 17.3 Å². The average molecular weight is 287 g/mol. The van der Waals surface area contributed by atoms with Crippen molar-refractivity contribution in [1.82, 2.24) is 10.1 Å². The van der Waals surface area contributed by atoms with Crippen LogP contribution >= 0.6 is 0 Å². The predicted molar refractivity (Wildman–Crippen MR) is 76.8 cm³/mol. The molecule has 0 aliphatic carbocycles. The molecule has 1 fully saturated rings. The van der Waals surface area contributed by atoms with Crippen LogP contribution in [-0.4, -0.2) is 29.3 Å². The van der Waals surface area contributed by atoms with Crippen LogP contribution in [0.5, 0.6) is 0 Å². The molecule has 1 N–H and O–H groups in total. The number of amides is 1. The van der Waals surface area contributed by atoms with E-state index >= 15 is 0 Å². The molecule has 0 saturated carbocycles. The second-order valence-corrected chi connectivity index (χ2v) is 5.02. The SMILES string of the molecule is Cc1cc(CNc2ccc(CN3CCOC3=O)cc2)no1. The summed E-state index contributed by atoms with van der Waals surface area (Å²) in [5.74, 6) is 0.805. The second kappa shape index (κ2) is 5.87. The van der Waals surface area contributed by atoms with Crippen molar-refractivity contribution in [2.45, 2.75) is 20.0 Å². The number of hydrogen-bond donors (Lipinski definition) is 1. The lowest BCUT2D eigenvalue weighted by molar-refractivity contribution is 0.157. The van der Waals surface area contributed by atoms with Crippen LogP contribution in [0.15, 0.2) is 34.9 Å². The summed E-state index contributed by atoms with van der Waals surface area (Å²) in [4.78, 5) is 13.1. The van der Waals surface area contributed by atoms with Gasteiger partial charge in [0.15, 0.2) is 0 Å². The standard InChI is InChI=1S/C15H17N3O3/c1-11-8-14(17-21-11)9-16-13-4-2-12(3-5-13)10-18-6-7-20-15(18)19/h2-5,8,16H,6-7,9-10H2,1H3. The van der Waals surface area contributed by atoms with Gasteiger partial charge in [0, 0.05) is 18.3 Å². The van der Waals surface area contributed by atoms with Crippen LogP contribution in [0.1, 0.15) is 17.0 Å².